The fourth-order valence-corrected chi connectivity index (χ4v) is 1.79. The molecule has 1 amide bonds. The fourth-order valence-electron chi connectivity index (χ4n) is 1.79. The SMILES string of the molecule is CNC(=O)Cc1ccc(NCc2ccc(C(=O)O)o2)cc1. The minimum atomic E-state index is -1.08. The summed E-state index contributed by atoms with van der Waals surface area (Å²) in [5.41, 5.74) is 1.79. The summed E-state index contributed by atoms with van der Waals surface area (Å²) in [4.78, 5) is 21.9. The average molecular weight is 288 g/mol. The lowest BCUT2D eigenvalue weighted by Gasteiger charge is -2.06. The maximum atomic E-state index is 11.2. The number of hydrogen-bond donors (Lipinski definition) is 3. The molecule has 1 aromatic heterocycles. The predicted molar refractivity (Wildman–Crippen MR) is 77.2 cm³/mol. The first-order valence-corrected chi connectivity index (χ1v) is 6.44. The van der Waals surface area contributed by atoms with Gasteiger partial charge in [0.2, 0.25) is 11.7 Å². The zero-order valence-corrected chi connectivity index (χ0v) is 11.6. The van der Waals surface area contributed by atoms with Crippen LogP contribution in [0.15, 0.2) is 40.8 Å². The second kappa shape index (κ2) is 6.60. The highest BCUT2D eigenvalue weighted by molar-refractivity contribution is 5.84. The van der Waals surface area contributed by atoms with Crippen molar-refractivity contribution >= 4 is 17.6 Å². The smallest absolute Gasteiger partial charge is 0.371 e. The third kappa shape index (κ3) is 4.10. The van der Waals surface area contributed by atoms with Crippen LogP contribution in [0.4, 0.5) is 5.69 Å². The van der Waals surface area contributed by atoms with Crippen LogP contribution in [0.3, 0.4) is 0 Å². The van der Waals surface area contributed by atoms with Gasteiger partial charge in [-0.25, -0.2) is 4.79 Å². The van der Waals surface area contributed by atoms with E-state index in [4.69, 9.17) is 9.52 Å². The van der Waals surface area contributed by atoms with Crippen LogP contribution in [0.2, 0.25) is 0 Å². The number of anilines is 1. The number of hydrogen-bond acceptors (Lipinski definition) is 4. The van der Waals surface area contributed by atoms with E-state index in [0.717, 1.165) is 11.3 Å². The summed E-state index contributed by atoms with van der Waals surface area (Å²) in [6.45, 7) is 0.391. The highest BCUT2D eigenvalue weighted by Gasteiger charge is 2.08. The van der Waals surface area contributed by atoms with Crippen molar-refractivity contribution in [3.8, 4) is 0 Å². The average Bonchev–Trinajstić information content (AvgIpc) is 2.95. The molecule has 0 saturated heterocycles. The number of likely N-dealkylation sites (N-methyl/N-ethyl adjacent to an activating group) is 1. The lowest BCUT2D eigenvalue weighted by Crippen LogP contribution is -2.19. The molecule has 0 saturated carbocycles. The molecule has 0 fully saturated rings. The van der Waals surface area contributed by atoms with Gasteiger partial charge in [0.05, 0.1) is 13.0 Å². The van der Waals surface area contributed by atoms with E-state index >= 15 is 0 Å². The number of carbonyl (C=O) groups is 2. The first-order chi connectivity index (χ1) is 10.1. The Morgan fingerprint density at radius 3 is 2.43 bits per heavy atom. The molecule has 0 aliphatic heterocycles. The van der Waals surface area contributed by atoms with Crippen molar-refractivity contribution in [2.75, 3.05) is 12.4 Å². The van der Waals surface area contributed by atoms with Gasteiger partial charge in [0.25, 0.3) is 0 Å². The van der Waals surface area contributed by atoms with Gasteiger partial charge in [-0.15, -0.1) is 0 Å². The maximum absolute atomic E-state index is 11.2. The molecular weight excluding hydrogens is 272 g/mol. The zero-order chi connectivity index (χ0) is 15.2. The minimum absolute atomic E-state index is 0.0347. The molecule has 0 bridgehead atoms. The Kier molecular flexibility index (Phi) is 4.61. The molecule has 3 N–H and O–H groups in total. The molecule has 2 aromatic rings. The van der Waals surface area contributed by atoms with E-state index in [1.807, 2.05) is 24.3 Å². The number of carbonyl (C=O) groups excluding carboxylic acids is 1. The van der Waals surface area contributed by atoms with Crippen molar-refractivity contribution in [1.29, 1.82) is 0 Å². The molecule has 0 aliphatic rings. The quantitative estimate of drug-likeness (QED) is 0.755. The van der Waals surface area contributed by atoms with Crippen molar-refractivity contribution in [2.45, 2.75) is 13.0 Å². The lowest BCUT2D eigenvalue weighted by atomic mass is 10.1. The summed E-state index contributed by atoms with van der Waals surface area (Å²) in [5, 5.41) is 14.5. The Balaban J connectivity index is 1.91. The number of furan rings is 1. The summed E-state index contributed by atoms with van der Waals surface area (Å²) in [6.07, 6.45) is 0.344. The summed E-state index contributed by atoms with van der Waals surface area (Å²) in [5.74, 6) is -0.651. The monoisotopic (exact) mass is 288 g/mol. The van der Waals surface area contributed by atoms with Crippen LogP contribution in [0, 0.1) is 0 Å². The second-order valence-corrected chi connectivity index (χ2v) is 4.47. The summed E-state index contributed by atoms with van der Waals surface area (Å²) in [7, 11) is 1.60. The summed E-state index contributed by atoms with van der Waals surface area (Å²) in [6, 6.07) is 10.5. The third-order valence-corrected chi connectivity index (χ3v) is 2.94. The molecule has 0 aliphatic carbocycles. The van der Waals surface area contributed by atoms with Gasteiger partial charge in [-0.1, -0.05) is 12.1 Å². The van der Waals surface area contributed by atoms with E-state index in [-0.39, 0.29) is 11.7 Å². The standard InChI is InChI=1S/C15H16N2O4/c1-16-14(18)8-10-2-4-11(5-3-10)17-9-12-6-7-13(21-12)15(19)20/h2-7,17H,8-9H2,1H3,(H,16,18)(H,19,20). The molecule has 1 heterocycles. The highest BCUT2D eigenvalue weighted by atomic mass is 16.4. The number of nitrogens with one attached hydrogen (secondary N) is 2. The number of aromatic carboxylic acids is 1. The van der Waals surface area contributed by atoms with E-state index in [2.05, 4.69) is 10.6 Å². The maximum Gasteiger partial charge on any atom is 0.371 e. The number of rotatable bonds is 6. The predicted octanol–water partition coefficient (Wildman–Crippen LogP) is 1.88. The number of carboxylic acids is 1. The molecule has 0 spiro atoms. The van der Waals surface area contributed by atoms with Gasteiger partial charge < -0.3 is 20.2 Å². The Hall–Kier alpha value is -2.76. The minimum Gasteiger partial charge on any atom is -0.475 e. The van der Waals surface area contributed by atoms with Gasteiger partial charge in [0.15, 0.2) is 0 Å². The molecule has 6 nitrogen and oxygen atoms in total. The van der Waals surface area contributed by atoms with E-state index in [9.17, 15) is 9.59 Å². The largest absolute Gasteiger partial charge is 0.475 e. The van der Waals surface area contributed by atoms with Gasteiger partial charge in [-0.3, -0.25) is 4.79 Å². The Labute approximate surface area is 121 Å². The Morgan fingerprint density at radius 1 is 1.14 bits per heavy atom. The van der Waals surface area contributed by atoms with E-state index in [1.165, 1.54) is 6.07 Å². The van der Waals surface area contributed by atoms with Crippen LogP contribution >= 0.6 is 0 Å². The Bertz CT molecular complexity index is 631. The molecule has 0 radical (unpaired) electrons. The second-order valence-electron chi connectivity index (χ2n) is 4.47. The van der Waals surface area contributed by atoms with Crippen molar-refractivity contribution in [1.82, 2.24) is 5.32 Å². The van der Waals surface area contributed by atoms with Gasteiger partial charge in [0.1, 0.15) is 5.76 Å². The van der Waals surface area contributed by atoms with Crippen LogP contribution in [0.5, 0.6) is 0 Å². The van der Waals surface area contributed by atoms with E-state index < -0.39 is 5.97 Å². The number of benzene rings is 1. The molecule has 1 aromatic carbocycles. The zero-order valence-electron chi connectivity index (χ0n) is 11.6. The van der Waals surface area contributed by atoms with Crippen molar-refractivity contribution in [2.24, 2.45) is 0 Å². The van der Waals surface area contributed by atoms with Gasteiger partial charge in [0, 0.05) is 12.7 Å². The van der Waals surface area contributed by atoms with E-state index in [0.29, 0.717) is 18.7 Å². The molecule has 6 heteroatoms. The molecule has 0 atom stereocenters. The molecule has 21 heavy (non-hydrogen) atoms. The van der Waals surface area contributed by atoms with Crippen molar-refractivity contribution < 1.29 is 19.1 Å². The number of carboxylic acid groups (broad SMARTS) is 1. The van der Waals surface area contributed by atoms with Crippen LogP contribution in [-0.2, 0) is 17.8 Å². The van der Waals surface area contributed by atoms with Crippen molar-refractivity contribution in [3.63, 3.8) is 0 Å². The summed E-state index contributed by atoms with van der Waals surface area (Å²) < 4.78 is 5.14. The van der Waals surface area contributed by atoms with Gasteiger partial charge in [-0.2, -0.15) is 0 Å². The Morgan fingerprint density at radius 2 is 1.86 bits per heavy atom. The van der Waals surface area contributed by atoms with Crippen LogP contribution in [-0.4, -0.2) is 24.0 Å². The number of amides is 1. The molecule has 0 unspecified atom stereocenters. The summed E-state index contributed by atoms with van der Waals surface area (Å²) >= 11 is 0. The van der Waals surface area contributed by atoms with E-state index in [1.54, 1.807) is 13.1 Å². The molecule has 110 valence electrons. The van der Waals surface area contributed by atoms with Gasteiger partial charge in [-0.05, 0) is 29.8 Å². The first-order valence-electron chi connectivity index (χ1n) is 6.44. The normalized spacial score (nSPS) is 10.1. The van der Waals surface area contributed by atoms with Crippen LogP contribution < -0.4 is 10.6 Å². The van der Waals surface area contributed by atoms with Crippen LogP contribution in [0.25, 0.3) is 0 Å². The first kappa shape index (κ1) is 14.6. The fraction of sp³-hybridized carbons (Fsp3) is 0.200. The molecular formula is C15H16N2O4. The lowest BCUT2D eigenvalue weighted by molar-refractivity contribution is -0.119. The third-order valence-electron chi connectivity index (χ3n) is 2.94. The van der Waals surface area contributed by atoms with Crippen molar-refractivity contribution in [3.05, 3.63) is 53.5 Å². The van der Waals surface area contributed by atoms with Crippen LogP contribution in [0.1, 0.15) is 21.9 Å². The molecule has 2 rings (SSSR count). The highest BCUT2D eigenvalue weighted by Crippen LogP contribution is 2.13. The topological polar surface area (TPSA) is 91.6 Å². The van der Waals surface area contributed by atoms with Gasteiger partial charge >= 0.3 is 5.97 Å².